The van der Waals surface area contributed by atoms with E-state index in [0.717, 1.165) is 29.4 Å². The van der Waals surface area contributed by atoms with E-state index >= 15 is 0 Å². The molecule has 0 aliphatic rings. The molecule has 1 N–H and O–H groups in total. The van der Waals surface area contributed by atoms with E-state index in [9.17, 15) is 5.11 Å². The Labute approximate surface area is 102 Å². The Hall–Kier alpha value is -1.54. The first kappa shape index (κ1) is 11.9. The molecule has 90 valence electrons. The van der Waals surface area contributed by atoms with Gasteiger partial charge in [0.15, 0.2) is 0 Å². The van der Waals surface area contributed by atoms with Gasteiger partial charge in [0.25, 0.3) is 0 Å². The first-order chi connectivity index (χ1) is 8.31. The summed E-state index contributed by atoms with van der Waals surface area (Å²) in [5.74, 6) is 0.846. The van der Waals surface area contributed by atoms with Crippen molar-refractivity contribution in [3.63, 3.8) is 0 Å². The van der Waals surface area contributed by atoms with Crippen LogP contribution >= 0.6 is 0 Å². The number of fused-ring (bicyclic) bond motifs is 1. The lowest BCUT2D eigenvalue weighted by Crippen LogP contribution is -2.16. The van der Waals surface area contributed by atoms with Crippen LogP contribution in [0.15, 0.2) is 42.5 Å². The molecule has 0 heterocycles. The number of aliphatic hydroxyl groups excluding tert-OH is 1. The van der Waals surface area contributed by atoms with Crippen LogP contribution in [0.1, 0.15) is 19.8 Å². The van der Waals surface area contributed by atoms with Gasteiger partial charge in [0.05, 0.1) is 6.10 Å². The van der Waals surface area contributed by atoms with Gasteiger partial charge in [-0.2, -0.15) is 0 Å². The fourth-order valence-electron chi connectivity index (χ4n) is 1.92. The molecule has 17 heavy (non-hydrogen) atoms. The van der Waals surface area contributed by atoms with E-state index in [4.69, 9.17) is 4.74 Å². The van der Waals surface area contributed by atoms with Gasteiger partial charge >= 0.3 is 0 Å². The van der Waals surface area contributed by atoms with Gasteiger partial charge < -0.3 is 9.84 Å². The molecule has 0 saturated carbocycles. The lowest BCUT2D eigenvalue weighted by Gasteiger charge is -2.13. The third kappa shape index (κ3) is 2.98. The minimum absolute atomic E-state index is 0.363. The van der Waals surface area contributed by atoms with Gasteiger partial charge in [-0.25, -0.2) is 0 Å². The van der Waals surface area contributed by atoms with E-state index in [2.05, 4.69) is 19.1 Å². The third-order valence-electron chi connectivity index (χ3n) is 2.80. The first-order valence-corrected chi connectivity index (χ1v) is 6.10. The third-order valence-corrected chi connectivity index (χ3v) is 2.80. The quantitative estimate of drug-likeness (QED) is 0.853. The van der Waals surface area contributed by atoms with Crippen molar-refractivity contribution >= 4 is 10.8 Å². The number of benzene rings is 2. The van der Waals surface area contributed by atoms with Crippen molar-refractivity contribution in [2.24, 2.45) is 0 Å². The van der Waals surface area contributed by atoms with Gasteiger partial charge in [0, 0.05) is 5.39 Å². The maximum absolute atomic E-state index is 9.66. The standard InChI is InChI=1S/C15H18O2/c1-2-6-13(16)11-17-15-10-5-8-12-7-3-4-9-14(12)15/h3-5,7-10,13,16H,2,6,11H2,1H3. The predicted molar refractivity (Wildman–Crippen MR) is 70.4 cm³/mol. The van der Waals surface area contributed by atoms with E-state index in [0.29, 0.717) is 6.61 Å². The van der Waals surface area contributed by atoms with Gasteiger partial charge in [0.1, 0.15) is 12.4 Å². The minimum atomic E-state index is -0.376. The van der Waals surface area contributed by atoms with Crippen molar-refractivity contribution in [3.05, 3.63) is 42.5 Å². The molecule has 1 atom stereocenters. The molecule has 0 aromatic heterocycles. The molecule has 0 spiro atoms. The molecule has 0 aliphatic heterocycles. The van der Waals surface area contributed by atoms with Crippen molar-refractivity contribution in [1.29, 1.82) is 0 Å². The van der Waals surface area contributed by atoms with Crippen LogP contribution in [0.2, 0.25) is 0 Å². The topological polar surface area (TPSA) is 29.5 Å². The van der Waals surface area contributed by atoms with Gasteiger partial charge in [-0.3, -0.25) is 0 Å². The molecule has 0 fully saturated rings. The summed E-state index contributed by atoms with van der Waals surface area (Å²) < 4.78 is 5.68. The Morgan fingerprint density at radius 2 is 1.88 bits per heavy atom. The molecular weight excluding hydrogens is 212 g/mol. The van der Waals surface area contributed by atoms with Gasteiger partial charge in [-0.05, 0) is 17.9 Å². The van der Waals surface area contributed by atoms with Gasteiger partial charge in [0.2, 0.25) is 0 Å². The Balaban J connectivity index is 2.13. The van der Waals surface area contributed by atoms with Crippen LogP contribution < -0.4 is 4.74 Å². The zero-order valence-electron chi connectivity index (χ0n) is 10.1. The molecule has 0 saturated heterocycles. The average Bonchev–Trinajstić information content (AvgIpc) is 2.36. The van der Waals surface area contributed by atoms with Crippen LogP contribution in [-0.2, 0) is 0 Å². The predicted octanol–water partition coefficient (Wildman–Crippen LogP) is 3.38. The van der Waals surface area contributed by atoms with Crippen LogP contribution in [0.25, 0.3) is 10.8 Å². The molecular formula is C15H18O2. The van der Waals surface area contributed by atoms with Crippen LogP contribution in [0, 0.1) is 0 Å². The normalized spacial score (nSPS) is 12.6. The van der Waals surface area contributed by atoms with E-state index in [-0.39, 0.29) is 6.10 Å². The van der Waals surface area contributed by atoms with Crippen molar-refractivity contribution < 1.29 is 9.84 Å². The summed E-state index contributed by atoms with van der Waals surface area (Å²) >= 11 is 0. The highest BCUT2D eigenvalue weighted by molar-refractivity contribution is 5.88. The van der Waals surface area contributed by atoms with E-state index in [1.54, 1.807) is 0 Å². The Morgan fingerprint density at radius 1 is 1.12 bits per heavy atom. The second-order valence-corrected chi connectivity index (χ2v) is 4.23. The summed E-state index contributed by atoms with van der Waals surface area (Å²) in [6.45, 7) is 2.42. The van der Waals surface area contributed by atoms with Crippen LogP contribution in [0.5, 0.6) is 5.75 Å². The molecule has 1 unspecified atom stereocenters. The minimum Gasteiger partial charge on any atom is -0.490 e. The molecule has 2 aromatic rings. The largest absolute Gasteiger partial charge is 0.490 e. The Kier molecular flexibility index (Phi) is 3.99. The summed E-state index contributed by atoms with van der Waals surface area (Å²) in [6, 6.07) is 14.1. The highest BCUT2D eigenvalue weighted by Crippen LogP contribution is 2.25. The monoisotopic (exact) mass is 230 g/mol. The van der Waals surface area contributed by atoms with Gasteiger partial charge in [-0.1, -0.05) is 49.7 Å². The first-order valence-electron chi connectivity index (χ1n) is 6.10. The van der Waals surface area contributed by atoms with Crippen molar-refractivity contribution in [3.8, 4) is 5.75 Å². The molecule has 2 nitrogen and oxygen atoms in total. The lowest BCUT2D eigenvalue weighted by molar-refractivity contribution is 0.100. The number of hydrogen-bond donors (Lipinski definition) is 1. The SMILES string of the molecule is CCCC(O)COc1cccc2ccccc12. The molecule has 0 radical (unpaired) electrons. The second kappa shape index (κ2) is 5.69. The summed E-state index contributed by atoms with van der Waals surface area (Å²) in [5, 5.41) is 11.9. The maximum Gasteiger partial charge on any atom is 0.127 e. The summed E-state index contributed by atoms with van der Waals surface area (Å²) in [6.07, 6.45) is 1.38. The lowest BCUT2D eigenvalue weighted by atomic mass is 10.1. The van der Waals surface area contributed by atoms with E-state index in [1.165, 1.54) is 0 Å². The smallest absolute Gasteiger partial charge is 0.127 e. The second-order valence-electron chi connectivity index (χ2n) is 4.23. The number of aliphatic hydroxyl groups is 1. The summed E-state index contributed by atoms with van der Waals surface area (Å²) in [5.41, 5.74) is 0. The molecule has 2 aromatic carbocycles. The molecule has 0 amide bonds. The number of rotatable bonds is 5. The van der Waals surface area contributed by atoms with Crippen molar-refractivity contribution in [2.75, 3.05) is 6.61 Å². The van der Waals surface area contributed by atoms with Crippen LogP contribution in [0.3, 0.4) is 0 Å². The number of ether oxygens (including phenoxy) is 1. The van der Waals surface area contributed by atoms with E-state index in [1.807, 2.05) is 30.3 Å². The summed E-state index contributed by atoms with van der Waals surface area (Å²) in [7, 11) is 0. The maximum atomic E-state index is 9.66. The molecule has 2 heteroatoms. The fraction of sp³-hybridized carbons (Fsp3) is 0.333. The molecule has 2 rings (SSSR count). The molecule has 0 aliphatic carbocycles. The molecule has 0 bridgehead atoms. The van der Waals surface area contributed by atoms with Crippen LogP contribution in [0.4, 0.5) is 0 Å². The highest BCUT2D eigenvalue weighted by atomic mass is 16.5. The van der Waals surface area contributed by atoms with Crippen molar-refractivity contribution in [1.82, 2.24) is 0 Å². The Morgan fingerprint density at radius 3 is 2.71 bits per heavy atom. The average molecular weight is 230 g/mol. The van der Waals surface area contributed by atoms with Gasteiger partial charge in [-0.15, -0.1) is 0 Å². The van der Waals surface area contributed by atoms with Crippen LogP contribution in [-0.4, -0.2) is 17.8 Å². The number of hydrogen-bond acceptors (Lipinski definition) is 2. The fourth-order valence-corrected chi connectivity index (χ4v) is 1.92. The highest BCUT2D eigenvalue weighted by Gasteiger charge is 2.05. The summed E-state index contributed by atoms with van der Waals surface area (Å²) in [4.78, 5) is 0. The zero-order chi connectivity index (χ0) is 12.1. The van der Waals surface area contributed by atoms with E-state index < -0.39 is 0 Å². The van der Waals surface area contributed by atoms with Crippen molar-refractivity contribution in [2.45, 2.75) is 25.9 Å². The zero-order valence-corrected chi connectivity index (χ0v) is 10.1. The Bertz CT molecular complexity index is 474.